The second-order valence-corrected chi connectivity index (χ2v) is 9.20. The number of ether oxygens (including phenoxy) is 1. The molecule has 3 aromatic rings. The number of pyridine rings is 2. The molecular weight excluding hydrogens is 437 g/mol. The Morgan fingerprint density at radius 1 is 1.18 bits per heavy atom. The van der Waals surface area contributed by atoms with Crippen molar-refractivity contribution in [2.24, 2.45) is 0 Å². The van der Waals surface area contributed by atoms with Crippen LogP contribution in [0.4, 0.5) is 27.8 Å². The van der Waals surface area contributed by atoms with Crippen LogP contribution < -0.4 is 19.9 Å². The van der Waals surface area contributed by atoms with Crippen molar-refractivity contribution in [3.05, 3.63) is 30.7 Å². The van der Waals surface area contributed by atoms with Crippen LogP contribution in [-0.4, -0.2) is 69.1 Å². The average Bonchev–Trinajstić information content (AvgIpc) is 2.81. The number of hydrogen-bond donors (Lipinski definition) is 2. The minimum absolute atomic E-state index is 0.0360. The van der Waals surface area contributed by atoms with E-state index in [1.807, 2.05) is 19.2 Å². The van der Waals surface area contributed by atoms with E-state index in [2.05, 4.69) is 37.1 Å². The number of anilines is 4. The minimum Gasteiger partial charge on any atom is -0.492 e. The van der Waals surface area contributed by atoms with Crippen molar-refractivity contribution in [3.8, 4) is 5.75 Å². The molecule has 0 aromatic carbocycles. The third kappa shape index (κ3) is 4.18. The lowest BCUT2D eigenvalue weighted by atomic mass is 9.94. The molecule has 10 heteroatoms. The summed E-state index contributed by atoms with van der Waals surface area (Å²) in [6.07, 6.45) is 5.72. The molecule has 34 heavy (non-hydrogen) atoms. The second-order valence-electron chi connectivity index (χ2n) is 9.20. The number of rotatable bonds is 6. The van der Waals surface area contributed by atoms with E-state index in [1.54, 1.807) is 23.4 Å². The largest absolute Gasteiger partial charge is 0.492 e. The Labute approximate surface area is 198 Å². The summed E-state index contributed by atoms with van der Waals surface area (Å²) in [5.74, 6) is 3.19. The van der Waals surface area contributed by atoms with Gasteiger partial charge in [0, 0.05) is 42.3 Å². The van der Waals surface area contributed by atoms with E-state index in [0.717, 1.165) is 29.6 Å². The van der Waals surface area contributed by atoms with Crippen LogP contribution in [0.15, 0.2) is 30.7 Å². The molecule has 5 rings (SSSR count). The Balaban J connectivity index is 1.43. The van der Waals surface area contributed by atoms with E-state index >= 15 is 0 Å². The molecule has 2 fully saturated rings. The van der Waals surface area contributed by atoms with Gasteiger partial charge < -0.3 is 25.0 Å². The molecule has 2 aliphatic heterocycles. The smallest absolute Gasteiger partial charge is 0.227 e. The standard InChI is InChI=1S/C24H30FN7O2/c1-4-34-18-13-28-22(32-10-6-15(32)2)17-12-27-21(11-16(17)18)29-20-5-8-26-23(30-20)31-9-7-19(33)24(3,25)14-31/h5,8,11-13,15,19,33H,4,6-7,9-10,14H2,1-3H3,(H,26,27,29,30)/t15-,19+,24-/m0/s1. The van der Waals surface area contributed by atoms with E-state index in [-0.39, 0.29) is 6.54 Å². The van der Waals surface area contributed by atoms with Gasteiger partial charge in [-0.05, 0) is 45.7 Å². The molecule has 180 valence electrons. The van der Waals surface area contributed by atoms with Gasteiger partial charge in [0.15, 0.2) is 5.67 Å². The number of piperidine rings is 1. The first-order valence-corrected chi connectivity index (χ1v) is 11.8. The molecule has 0 amide bonds. The first-order valence-electron chi connectivity index (χ1n) is 11.8. The van der Waals surface area contributed by atoms with Crippen molar-refractivity contribution < 1.29 is 14.2 Å². The lowest BCUT2D eigenvalue weighted by molar-refractivity contribution is -0.00860. The van der Waals surface area contributed by atoms with Crippen molar-refractivity contribution in [1.82, 2.24) is 19.9 Å². The lowest BCUT2D eigenvalue weighted by Crippen LogP contribution is -2.52. The summed E-state index contributed by atoms with van der Waals surface area (Å²) in [4.78, 5) is 22.2. The zero-order chi connectivity index (χ0) is 23.9. The molecule has 0 spiro atoms. The van der Waals surface area contributed by atoms with Crippen molar-refractivity contribution in [1.29, 1.82) is 0 Å². The number of aliphatic hydroxyl groups excluding tert-OH is 1. The van der Waals surface area contributed by atoms with Crippen LogP contribution >= 0.6 is 0 Å². The second kappa shape index (κ2) is 8.83. The monoisotopic (exact) mass is 467 g/mol. The molecule has 2 saturated heterocycles. The molecule has 0 aliphatic carbocycles. The first kappa shape index (κ1) is 22.5. The summed E-state index contributed by atoms with van der Waals surface area (Å²) in [5, 5.41) is 15.0. The normalized spacial score (nSPS) is 24.7. The number of alkyl halides is 1. The van der Waals surface area contributed by atoms with Gasteiger partial charge in [0.25, 0.3) is 0 Å². The highest BCUT2D eigenvalue weighted by molar-refractivity contribution is 5.97. The predicted octanol–water partition coefficient (Wildman–Crippen LogP) is 3.46. The molecule has 0 unspecified atom stereocenters. The summed E-state index contributed by atoms with van der Waals surface area (Å²) in [5.41, 5.74) is -1.71. The number of hydrogen-bond acceptors (Lipinski definition) is 9. The van der Waals surface area contributed by atoms with Gasteiger partial charge in [0.2, 0.25) is 5.95 Å². The van der Waals surface area contributed by atoms with E-state index in [4.69, 9.17) is 4.74 Å². The number of fused-ring (bicyclic) bond motifs is 1. The summed E-state index contributed by atoms with van der Waals surface area (Å²) >= 11 is 0. The van der Waals surface area contributed by atoms with Crippen LogP contribution in [0.5, 0.6) is 5.75 Å². The van der Waals surface area contributed by atoms with E-state index < -0.39 is 11.8 Å². The van der Waals surface area contributed by atoms with Crippen molar-refractivity contribution in [2.75, 3.05) is 41.4 Å². The van der Waals surface area contributed by atoms with Crippen LogP contribution in [0.25, 0.3) is 10.8 Å². The number of nitrogens with zero attached hydrogens (tertiary/aromatic N) is 6. The van der Waals surface area contributed by atoms with E-state index in [9.17, 15) is 9.50 Å². The SMILES string of the molecule is CCOc1cnc(N2CC[C@@H]2C)c2cnc(Nc3ccnc(N4CC[C@@H](O)[C@@](C)(F)C4)n3)cc12. The molecular formula is C24H30FN7O2. The van der Waals surface area contributed by atoms with Crippen LogP contribution in [-0.2, 0) is 0 Å². The maximum absolute atomic E-state index is 14.6. The van der Waals surface area contributed by atoms with Gasteiger partial charge in [-0.2, -0.15) is 4.98 Å². The van der Waals surface area contributed by atoms with Gasteiger partial charge in [-0.3, -0.25) is 0 Å². The molecule has 9 nitrogen and oxygen atoms in total. The molecule has 0 radical (unpaired) electrons. The summed E-state index contributed by atoms with van der Waals surface area (Å²) in [7, 11) is 0. The van der Waals surface area contributed by atoms with Crippen molar-refractivity contribution in [2.45, 2.75) is 51.4 Å². The van der Waals surface area contributed by atoms with Gasteiger partial charge in [-0.25, -0.2) is 19.3 Å². The molecule has 0 bridgehead atoms. The zero-order valence-corrected chi connectivity index (χ0v) is 19.7. The van der Waals surface area contributed by atoms with E-state index in [1.165, 1.54) is 6.92 Å². The van der Waals surface area contributed by atoms with Crippen LogP contribution in [0, 0.1) is 0 Å². The van der Waals surface area contributed by atoms with Gasteiger partial charge in [0.1, 0.15) is 23.2 Å². The van der Waals surface area contributed by atoms with Gasteiger partial charge >= 0.3 is 0 Å². The topological polar surface area (TPSA) is 99.5 Å². The first-order chi connectivity index (χ1) is 16.4. The highest BCUT2D eigenvalue weighted by atomic mass is 19.1. The summed E-state index contributed by atoms with van der Waals surface area (Å²) in [6, 6.07) is 4.13. The Morgan fingerprint density at radius 3 is 2.74 bits per heavy atom. The fraction of sp³-hybridized carbons (Fsp3) is 0.500. The number of aliphatic hydroxyl groups is 1. The van der Waals surface area contributed by atoms with Crippen LogP contribution in [0.3, 0.4) is 0 Å². The van der Waals surface area contributed by atoms with Crippen molar-refractivity contribution in [3.63, 3.8) is 0 Å². The van der Waals surface area contributed by atoms with Crippen LogP contribution in [0.2, 0.25) is 0 Å². The molecule has 5 heterocycles. The number of aromatic nitrogens is 4. The number of nitrogens with one attached hydrogen (secondary N) is 1. The average molecular weight is 468 g/mol. The van der Waals surface area contributed by atoms with Gasteiger partial charge in [-0.15, -0.1) is 0 Å². The van der Waals surface area contributed by atoms with Crippen LogP contribution in [0.1, 0.15) is 33.6 Å². The molecule has 3 atom stereocenters. The summed E-state index contributed by atoms with van der Waals surface area (Å²) < 4.78 is 20.5. The molecule has 3 aromatic heterocycles. The third-order valence-electron chi connectivity index (χ3n) is 6.66. The van der Waals surface area contributed by atoms with Crippen molar-refractivity contribution >= 4 is 34.2 Å². The minimum atomic E-state index is -1.71. The Morgan fingerprint density at radius 2 is 2.03 bits per heavy atom. The third-order valence-corrected chi connectivity index (χ3v) is 6.66. The lowest BCUT2D eigenvalue weighted by Gasteiger charge is -2.40. The summed E-state index contributed by atoms with van der Waals surface area (Å²) in [6.45, 7) is 7.58. The highest BCUT2D eigenvalue weighted by Crippen LogP contribution is 2.36. The number of halogens is 1. The molecule has 2 N–H and O–H groups in total. The van der Waals surface area contributed by atoms with Gasteiger partial charge in [-0.1, -0.05) is 0 Å². The Hall–Kier alpha value is -3.27. The van der Waals surface area contributed by atoms with E-state index in [0.29, 0.717) is 48.9 Å². The quantitative estimate of drug-likeness (QED) is 0.564. The van der Waals surface area contributed by atoms with Gasteiger partial charge in [0.05, 0.1) is 25.5 Å². The maximum Gasteiger partial charge on any atom is 0.227 e. The highest BCUT2D eigenvalue weighted by Gasteiger charge is 2.39. The predicted molar refractivity (Wildman–Crippen MR) is 130 cm³/mol. The molecule has 2 aliphatic rings. The Kier molecular flexibility index (Phi) is 5.85. The zero-order valence-electron chi connectivity index (χ0n) is 19.7. The Bertz CT molecular complexity index is 1190. The fourth-order valence-electron chi connectivity index (χ4n) is 4.50. The molecule has 0 saturated carbocycles. The maximum atomic E-state index is 14.6. The fourth-order valence-corrected chi connectivity index (χ4v) is 4.50.